The summed E-state index contributed by atoms with van der Waals surface area (Å²) < 4.78 is 29.4. The Balaban J connectivity index is 1.41. The summed E-state index contributed by atoms with van der Waals surface area (Å²) in [5, 5.41) is 9.22. The number of hydrogen-bond donors (Lipinski definition) is 0. The normalized spacial score (nSPS) is 11.8. The van der Waals surface area contributed by atoms with Gasteiger partial charge in [-0.05, 0) is 74.0 Å². The van der Waals surface area contributed by atoms with Crippen molar-refractivity contribution in [3.05, 3.63) is 105 Å². The minimum absolute atomic E-state index is 0.194. The molecule has 10 heteroatoms. The third kappa shape index (κ3) is 5.33. The van der Waals surface area contributed by atoms with E-state index in [-0.39, 0.29) is 11.3 Å². The maximum Gasteiger partial charge on any atom is 0.291 e. The largest absolute Gasteiger partial charge is 0.494 e. The van der Waals surface area contributed by atoms with Crippen molar-refractivity contribution in [1.29, 1.82) is 0 Å². The zero-order valence-corrected chi connectivity index (χ0v) is 23.3. The van der Waals surface area contributed by atoms with Gasteiger partial charge in [-0.25, -0.2) is 9.07 Å². The Bertz CT molecular complexity index is 1930. The van der Waals surface area contributed by atoms with Gasteiger partial charge in [0.25, 0.3) is 5.56 Å². The van der Waals surface area contributed by atoms with E-state index in [1.165, 1.54) is 21.9 Å². The zero-order valence-electron chi connectivity index (χ0n) is 22.5. The van der Waals surface area contributed by atoms with Crippen molar-refractivity contribution >= 4 is 22.4 Å². The molecule has 0 amide bonds. The standard InChI is InChI=1S/C31H26FN5O3S/c1-3-16-40-26-15-12-21(17-25(26)32)28-22(19-36(34-28)23-8-6-5-7-9-23)18-27-30(38)37-31(41-27)33-29(35-37)20-10-13-24(14-11-20)39-4-2/h5-15,17-19H,3-4,16H2,1-2H3. The van der Waals surface area contributed by atoms with Gasteiger partial charge in [-0.1, -0.05) is 36.5 Å². The number of halogens is 1. The predicted octanol–water partition coefficient (Wildman–Crippen LogP) is 5.55. The van der Waals surface area contributed by atoms with Gasteiger partial charge in [0.05, 0.1) is 23.4 Å². The molecule has 0 spiro atoms. The van der Waals surface area contributed by atoms with Crippen molar-refractivity contribution in [3.63, 3.8) is 0 Å². The number of benzene rings is 3. The molecule has 6 rings (SSSR count). The summed E-state index contributed by atoms with van der Waals surface area (Å²) in [5.74, 6) is 0.940. The number of fused-ring (bicyclic) bond motifs is 1. The van der Waals surface area contributed by atoms with E-state index in [0.29, 0.717) is 45.4 Å². The van der Waals surface area contributed by atoms with Crippen molar-refractivity contribution in [2.75, 3.05) is 13.2 Å². The number of rotatable bonds is 9. The lowest BCUT2D eigenvalue weighted by Crippen LogP contribution is -2.23. The van der Waals surface area contributed by atoms with Crippen molar-refractivity contribution in [2.45, 2.75) is 20.3 Å². The Morgan fingerprint density at radius 1 is 0.951 bits per heavy atom. The van der Waals surface area contributed by atoms with Gasteiger partial charge in [-0.3, -0.25) is 4.79 Å². The highest BCUT2D eigenvalue weighted by Crippen LogP contribution is 2.29. The molecule has 0 fully saturated rings. The first-order chi connectivity index (χ1) is 20.0. The lowest BCUT2D eigenvalue weighted by molar-refractivity contribution is 0.301. The van der Waals surface area contributed by atoms with Gasteiger partial charge >= 0.3 is 0 Å². The van der Waals surface area contributed by atoms with E-state index in [1.807, 2.05) is 74.6 Å². The van der Waals surface area contributed by atoms with Gasteiger partial charge in [0.2, 0.25) is 4.96 Å². The monoisotopic (exact) mass is 567 g/mol. The van der Waals surface area contributed by atoms with E-state index in [9.17, 15) is 9.18 Å². The zero-order chi connectivity index (χ0) is 28.3. The third-order valence-electron chi connectivity index (χ3n) is 6.32. The molecule has 0 aliphatic carbocycles. The molecular weight excluding hydrogens is 541 g/mol. The fourth-order valence-electron chi connectivity index (χ4n) is 4.37. The average molecular weight is 568 g/mol. The van der Waals surface area contributed by atoms with Gasteiger partial charge < -0.3 is 9.47 Å². The summed E-state index contributed by atoms with van der Waals surface area (Å²) in [4.78, 5) is 18.4. The average Bonchev–Trinajstić information content (AvgIpc) is 3.68. The van der Waals surface area contributed by atoms with Crippen LogP contribution in [0, 0.1) is 5.82 Å². The summed E-state index contributed by atoms with van der Waals surface area (Å²) in [6.45, 7) is 4.90. The number of ether oxygens (including phenoxy) is 2. The lowest BCUT2D eigenvalue weighted by atomic mass is 10.1. The molecule has 8 nitrogen and oxygen atoms in total. The number of hydrogen-bond acceptors (Lipinski definition) is 7. The Morgan fingerprint density at radius 2 is 1.73 bits per heavy atom. The highest BCUT2D eigenvalue weighted by atomic mass is 32.1. The van der Waals surface area contributed by atoms with Crippen LogP contribution >= 0.6 is 11.3 Å². The van der Waals surface area contributed by atoms with Gasteiger partial charge in [0, 0.05) is 22.9 Å². The summed E-state index contributed by atoms with van der Waals surface area (Å²) in [5.41, 5.74) is 3.09. The first-order valence-corrected chi connectivity index (χ1v) is 14.1. The second-order valence-corrected chi connectivity index (χ2v) is 10.2. The minimum Gasteiger partial charge on any atom is -0.494 e. The van der Waals surface area contributed by atoms with Crippen LogP contribution in [0.2, 0.25) is 0 Å². The molecule has 0 N–H and O–H groups in total. The van der Waals surface area contributed by atoms with Crippen LogP contribution in [-0.4, -0.2) is 37.6 Å². The molecule has 3 aromatic carbocycles. The van der Waals surface area contributed by atoms with Crippen LogP contribution in [0.15, 0.2) is 83.8 Å². The fraction of sp³-hybridized carbons (Fsp3) is 0.161. The lowest BCUT2D eigenvalue weighted by Gasteiger charge is -2.07. The van der Waals surface area contributed by atoms with Crippen LogP contribution < -0.4 is 19.6 Å². The third-order valence-corrected chi connectivity index (χ3v) is 7.28. The van der Waals surface area contributed by atoms with Crippen molar-refractivity contribution < 1.29 is 13.9 Å². The van der Waals surface area contributed by atoms with Gasteiger partial charge in [0.1, 0.15) is 11.4 Å². The van der Waals surface area contributed by atoms with E-state index >= 15 is 0 Å². The fourth-order valence-corrected chi connectivity index (χ4v) is 5.27. The van der Waals surface area contributed by atoms with Crippen molar-refractivity contribution in [1.82, 2.24) is 24.4 Å². The topological polar surface area (TPSA) is 83.5 Å². The first-order valence-electron chi connectivity index (χ1n) is 13.3. The number of para-hydroxylation sites is 1. The molecular formula is C31H26FN5O3S. The maximum absolute atomic E-state index is 14.9. The molecule has 0 radical (unpaired) electrons. The highest BCUT2D eigenvalue weighted by Gasteiger charge is 2.16. The second kappa shape index (κ2) is 11.3. The number of nitrogens with zero attached hydrogens (tertiary/aromatic N) is 5. The molecule has 0 atom stereocenters. The molecule has 6 aromatic rings. The van der Waals surface area contributed by atoms with Gasteiger partial charge in [-0.15, -0.1) is 5.10 Å². The molecule has 3 aromatic heterocycles. The molecule has 0 aliphatic rings. The smallest absolute Gasteiger partial charge is 0.291 e. The quantitative estimate of drug-likeness (QED) is 0.228. The highest BCUT2D eigenvalue weighted by molar-refractivity contribution is 7.15. The minimum atomic E-state index is -0.471. The van der Waals surface area contributed by atoms with E-state index in [2.05, 4.69) is 10.1 Å². The van der Waals surface area contributed by atoms with E-state index in [0.717, 1.165) is 23.4 Å². The van der Waals surface area contributed by atoms with Gasteiger partial charge in [-0.2, -0.15) is 14.6 Å². The summed E-state index contributed by atoms with van der Waals surface area (Å²) >= 11 is 1.23. The Hall–Kier alpha value is -4.83. The molecule has 0 saturated heterocycles. The molecule has 0 bridgehead atoms. The molecule has 0 saturated carbocycles. The second-order valence-electron chi connectivity index (χ2n) is 9.21. The summed E-state index contributed by atoms with van der Waals surface area (Å²) in [6.07, 6.45) is 4.35. The molecule has 3 heterocycles. The molecule has 206 valence electrons. The van der Waals surface area contributed by atoms with Crippen molar-refractivity contribution in [2.24, 2.45) is 0 Å². The summed E-state index contributed by atoms with van der Waals surface area (Å²) in [7, 11) is 0. The van der Waals surface area contributed by atoms with Crippen LogP contribution in [0.4, 0.5) is 4.39 Å². The van der Waals surface area contributed by atoms with Gasteiger partial charge in [0.15, 0.2) is 17.4 Å². The molecule has 41 heavy (non-hydrogen) atoms. The molecule has 0 aliphatic heterocycles. The number of thiazole rings is 1. The maximum atomic E-state index is 14.9. The van der Waals surface area contributed by atoms with Crippen LogP contribution in [0.1, 0.15) is 25.8 Å². The van der Waals surface area contributed by atoms with Crippen molar-refractivity contribution in [3.8, 4) is 39.8 Å². The first kappa shape index (κ1) is 26.4. The van der Waals surface area contributed by atoms with Crippen LogP contribution in [-0.2, 0) is 0 Å². The van der Waals surface area contributed by atoms with Crippen LogP contribution in [0.5, 0.6) is 11.5 Å². The predicted molar refractivity (Wildman–Crippen MR) is 157 cm³/mol. The number of aromatic nitrogens is 5. The summed E-state index contributed by atoms with van der Waals surface area (Å²) in [6, 6.07) is 21.8. The van der Waals surface area contributed by atoms with E-state index < -0.39 is 5.82 Å². The van der Waals surface area contributed by atoms with Crippen LogP contribution in [0.25, 0.3) is 39.4 Å². The van der Waals surface area contributed by atoms with E-state index in [4.69, 9.17) is 14.6 Å². The Kier molecular flexibility index (Phi) is 7.30. The van der Waals surface area contributed by atoms with Crippen LogP contribution in [0.3, 0.4) is 0 Å². The van der Waals surface area contributed by atoms with E-state index in [1.54, 1.807) is 22.9 Å². The molecule has 0 unspecified atom stereocenters. The Labute approximate surface area is 238 Å². The SMILES string of the molecule is CCCOc1ccc(-c2nn(-c3ccccc3)cc2C=c2sc3nc(-c4ccc(OCC)cc4)nn3c2=O)cc1F. The Morgan fingerprint density at radius 3 is 2.44 bits per heavy atom.